The molecule has 1 atom stereocenters. The lowest BCUT2D eigenvalue weighted by Gasteiger charge is -2.27. The summed E-state index contributed by atoms with van der Waals surface area (Å²) in [6, 6.07) is 6.06. The summed E-state index contributed by atoms with van der Waals surface area (Å²) in [6.45, 7) is 1.51. The number of imidazole rings is 1. The normalized spacial score (nSPS) is 19.5. The molecule has 1 fully saturated rings. The number of ether oxygens (including phenoxy) is 1. The van der Waals surface area contributed by atoms with Crippen molar-refractivity contribution in [1.82, 2.24) is 19.9 Å². The maximum absolute atomic E-state index is 12.1. The van der Waals surface area contributed by atoms with Gasteiger partial charge in [0.05, 0.1) is 12.4 Å². The Bertz CT molecular complexity index is 999. The quantitative estimate of drug-likeness (QED) is 0.767. The van der Waals surface area contributed by atoms with Gasteiger partial charge < -0.3 is 14.6 Å². The Morgan fingerprint density at radius 1 is 1.19 bits per heavy atom. The number of aromatic amines is 1. The lowest BCUT2D eigenvalue weighted by Crippen LogP contribution is -2.35. The summed E-state index contributed by atoms with van der Waals surface area (Å²) in [4.78, 5) is 30.5. The third-order valence-electron chi connectivity index (χ3n) is 5.55. The molecule has 2 aromatic heterocycles. The minimum atomic E-state index is 0.229. The van der Waals surface area contributed by atoms with Crippen LogP contribution >= 0.6 is 0 Å². The molecule has 0 amide bonds. The SMILES string of the molecule is O=C1CCCc2c(OCC3CCCN3c3ncnc4nc[nH]c34)cccc21. The van der Waals surface area contributed by atoms with E-state index in [0.29, 0.717) is 18.7 Å². The highest BCUT2D eigenvalue weighted by molar-refractivity contribution is 5.99. The minimum absolute atomic E-state index is 0.229. The highest BCUT2D eigenvalue weighted by Gasteiger charge is 2.29. The van der Waals surface area contributed by atoms with Gasteiger partial charge in [-0.05, 0) is 31.7 Å². The van der Waals surface area contributed by atoms with Crippen molar-refractivity contribution in [3.63, 3.8) is 0 Å². The lowest BCUT2D eigenvalue weighted by molar-refractivity contribution is 0.0971. The number of nitrogens with one attached hydrogen (secondary N) is 1. The number of rotatable bonds is 4. The van der Waals surface area contributed by atoms with Crippen LogP contribution < -0.4 is 9.64 Å². The highest BCUT2D eigenvalue weighted by Crippen LogP contribution is 2.32. The van der Waals surface area contributed by atoms with Gasteiger partial charge in [0.25, 0.3) is 0 Å². The van der Waals surface area contributed by atoms with E-state index in [-0.39, 0.29) is 11.8 Å². The molecule has 1 aliphatic heterocycles. The van der Waals surface area contributed by atoms with E-state index >= 15 is 0 Å². The maximum Gasteiger partial charge on any atom is 0.182 e. The zero-order valence-electron chi connectivity index (χ0n) is 15.0. The number of anilines is 1. The number of H-pyrrole nitrogens is 1. The number of benzene rings is 1. The predicted octanol–water partition coefficient (Wildman–Crippen LogP) is 2.92. The van der Waals surface area contributed by atoms with Gasteiger partial charge in [0.1, 0.15) is 24.2 Å². The van der Waals surface area contributed by atoms with Gasteiger partial charge in [-0.1, -0.05) is 12.1 Å². The number of Topliss-reactive ketones (excluding diaryl/α,β-unsaturated/α-hetero) is 1. The summed E-state index contributed by atoms with van der Waals surface area (Å²) in [5.74, 6) is 1.96. The highest BCUT2D eigenvalue weighted by atomic mass is 16.5. The monoisotopic (exact) mass is 363 g/mol. The number of fused-ring (bicyclic) bond motifs is 2. The molecule has 138 valence electrons. The molecule has 1 N–H and O–H groups in total. The van der Waals surface area contributed by atoms with Crippen LogP contribution in [0.25, 0.3) is 11.2 Å². The first kappa shape index (κ1) is 16.2. The first-order chi connectivity index (χ1) is 13.3. The molecule has 0 radical (unpaired) electrons. The summed E-state index contributed by atoms with van der Waals surface area (Å²) in [7, 11) is 0. The molecule has 3 heterocycles. The molecular formula is C20H21N5O2. The first-order valence-corrected chi connectivity index (χ1v) is 9.50. The van der Waals surface area contributed by atoms with Gasteiger partial charge in [-0.3, -0.25) is 4.79 Å². The number of hydrogen-bond acceptors (Lipinski definition) is 6. The fraction of sp³-hybridized carbons (Fsp3) is 0.400. The Labute approximate surface area is 156 Å². The second-order valence-electron chi connectivity index (χ2n) is 7.16. The van der Waals surface area contributed by atoms with Crippen LogP contribution in [0.2, 0.25) is 0 Å². The largest absolute Gasteiger partial charge is 0.491 e. The zero-order valence-corrected chi connectivity index (χ0v) is 15.0. The van der Waals surface area contributed by atoms with E-state index in [2.05, 4.69) is 24.8 Å². The molecule has 0 bridgehead atoms. The van der Waals surface area contributed by atoms with Gasteiger partial charge >= 0.3 is 0 Å². The van der Waals surface area contributed by atoms with E-state index < -0.39 is 0 Å². The van der Waals surface area contributed by atoms with Crippen LogP contribution in [0.3, 0.4) is 0 Å². The van der Waals surface area contributed by atoms with Crippen LogP contribution in [-0.2, 0) is 6.42 Å². The number of carbonyl (C=O) groups is 1. The zero-order chi connectivity index (χ0) is 18.2. The summed E-state index contributed by atoms with van der Waals surface area (Å²) >= 11 is 0. The summed E-state index contributed by atoms with van der Waals surface area (Å²) in [6.07, 6.45) is 7.81. The number of carbonyl (C=O) groups excluding carboxylic acids is 1. The minimum Gasteiger partial charge on any atom is -0.491 e. The smallest absolute Gasteiger partial charge is 0.182 e. The summed E-state index contributed by atoms with van der Waals surface area (Å²) < 4.78 is 6.22. The summed E-state index contributed by atoms with van der Waals surface area (Å²) in [5, 5.41) is 0. The van der Waals surface area contributed by atoms with Crippen LogP contribution in [0.4, 0.5) is 5.82 Å². The molecule has 7 heteroatoms. The average Bonchev–Trinajstić information content (AvgIpc) is 3.36. The molecule has 7 nitrogen and oxygen atoms in total. The second kappa shape index (κ2) is 6.64. The molecule has 1 aromatic carbocycles. The van der Waals surface area contributed by atoms with E-state index in [0.717, 1.165) is 60.4 Å². The molecule has 3 aromatic rings. The van der Waals surface area contributed by atoms with Crippen LogP contribution in [-0.4, -0.2) is 44.9 Å². The standard InChI is InChI=1S/C20H21N5O2/c26-16-7-1-6-15-14(16)5-2-8-17(15)27-10-13-4-3-9-25(13)20-18-19(22-11-21-18)23-12-24-20/h2,5,8,11-13H,1,3-4,6-7,9-10H2,(H,21,22,23,24). The van der Waals surface area contributed by atoms with Crippen molar-refractivity contribution >= 4 is 22.8 Å². The van der Waals surface area contributed by atoms with Gasteiger partial charge in [-0.2, -0.15) is 0 Å². The fourth-order valence-corrected chi connectivity index (χ4v) is 4.22. The predicted molar refractivity (Wildman–Crippen MR) is 101 cm³/mol. The van der Waals surface area contributed by atoms with Gasteiger partial charge in [0.2, 0.25) is 0 Å². The Hall–Kier alpha value is -2.96. The van der Waals surface area contributed by atoms with Crippen molar-refractivity contribution in [1.29, 1.82) is 0 Å². The number of aromatic nitrogens is 4. The molecule has 0 saturated carbocycles. The number of ketones is 1. The van der Waals surface area contributed by atoms with Gasteiger partial charge in [-0.25, -0.2) is 15.0 Å². The molecule has 1 unspecified atom stereocenters. The number of hydrogen-bond donors (Lipinski definition) is 1. The number of nitrogens with zero attached hydrogens (tertiary/aromatic N) is 4. The Morgan fingerprint density at radius 3 is 3.11 bits per heavy atom. The third-order valence-corrected chi connectivity index (χ3v) is 5.55. The molecule has 0 spiro atoms. The van der Waals surface area contributed by atoms with Crippen molar-refractivity contribution in [3.8, 4) is 5.75 Å². The maximum atomic E-state index is 12.1. The molecule has 5 rings (SSSR count). The van der Waals surface area contributed by atoms with Crippen molar-refractivity contribution in [2.75, 3.05) is 18.1 Å². The molecule has 27 heavy (non-hydrogen) atoms. The van der Waals surface area contributed by atoms with E-state index in [1.807, 2.05) is 18.2 Å². The molecule has 2 aliphatic rings. The van der Waals surface area contributed by atoms with E-state index in [4.69, 9.17) is 4.74 Å². The van der Waals surface area contributed by atoms with Crippen molar-refractivity contribution in [2.45, 2.75) is 38.1 Å². The average molecular weight is 363 g/mol. The van der Waals surface area contributed by atoms with E-state index in [9.17, 15) is 4.79 Å². The third kappa shape index (κ3) is 2.83. The van der Waals surface area contributed by atoms with Crippen molar-refractivity contribution < 1.29 is 9.53 Å². The van der Waals surface area contributed by atoms with Gasteiger partial charge in [-0.15, -0.1) is 0 Å². The van der Waals surface area contributed by atoms with Crippen molar-refractivity contribution in [3.05, 3.63) is 42.0 Å². The Balaban J connectivity index is 1.38. The van der Waals surface area contributed by atoms with Crippen LogP contribution in [0.5, 0.6) is 5.75 Å². The van der Waals surface area contributed by atoms with Crippen molar-refractivity contribution in [2.24, 2.45) is 0 Å². The topological polar surface area (TPSA) is 84.0 Å². The van der Waals surface area contributed by atoms with E-state index in [1.165, 1.54) is 0 Å². The van der Waals surface area contributed by atoms with Crippen LogP contribution in [0.15, 0.2) is 30.9 Å². The Morgan fingerprint density at radius 2 is 2.15 bits per heavy atom. The van der Waals surface area contributed by atoms with Gasteiger partial charge in [0, 0.05) is 24.1 Å². The first-order valence-electron chi connectivity index (χ1n) is 9.50. The Kier molecular flexibility index (Phi) is 3.99. The van der Waals surface area contributed by atoms with E-state index in [1.54, 1.807) is 12.7 Å². The molecular weight excluding hydrogens is 342 g/mol. The van der Waals surface area contributed by atoms with Crippen LogP contribution in [0, 0.1) is 0 Å². The fourth-order valence-electron chi connectivity index (χ4n) is 4.22. The van der Waals surface area contributed by atoms with Gasteiger partial charge in [0.15, 0.2) is 17.2 Å². The molecule has 1 aliphatic carbocycles. The van der Waals surface area contributed by atoms with Crippen LogP contribution in [0.1, 0.15) is 41.6 Å². The lowest BCUT2D eigenvalue weighted by atomic mass is 9.90. The summed E-state index contributed by atoms with van der Waals surface area (Å²) in [5.41, 5.74) is 3.45. The second-order valence-corrected chi connectivity index (χ2v) is 7.16. The molecule has 1 saturated heterocycles.